The molecule has 0 heterocycles. The fraction of sp³-hybridized carbons (Fsp3) is 0.200. The summed E-state index contributed by atoms with van der Waals surface area (Å²) in [5.74, 6) is -1.64. The lowest BCUT2D eigenvalue weighted by Gasteiger charge is -2.01. The lowest BCUT2D eigenvalue weighted by Crippen LogP contribution is -2.03. The van der Waals surface area contributed by atoms with Crippen molar-refractivity contribution in [2.75, 3.05) is 0 Å². The molecule has 0 nitrogen and oxygen atoms in total. The first-order chi connectivity index (χ1) is 6.88. The molecule has 0 bridgehead atoms. The standard InChI is InChI=1S/C10H7F5/c11-8-4-3-7(9(12)6-8)2-1-5-10(13,14)15/h1-4,6H,5H2/b2-1+. The topological polar surface area (TPSA) is 0 Å². The average molecular weight is 222 g/mol. The maximum atomic E-state index is 12.9. The molecular formula is C10H7F5. The van der Waals surface area contributed by atoms with E-state index < -0.39 is 24.2 Å². The van der Waals surface area contributed by atoms with Gasteiger partial charge in [0.1, 0.15) is 11.6 Å². The van der Waals surface area contributed by atoms with E-state index in [1.807, 2.05) is 0 Å². The van der Waals surface area contributed by atoms with Gasteiger partial charge in [-0.2, -0.15) is 13.2 Å². The Bertz CT molecular complexity index is 365. The van der Waals surface area contributed by atoms with E-state index in [2.05, 4.69) is 0 Å². The third-order valence-corrected chi connectivity index (χ3v) is 1.61. The number of hydrogen-bond acceptors (Lipinski definition) is 0. The molecule has 1 aromatic rings. The third kappa shape index (κ3) is 4.10. The Morgan fingerprint density at radius 2 is 1.80 bits per heavy atom. The smallest absolute Gasteiger partial charge is 0.207 e. The van der Waals surface area contributed by atoms with Crippen LogP contribution in [0.5, 0.6) is 0 Å². The summed E-state index contributed by atoms with van der Waals surface area (Å²) in [4.78, 5) is 0. The molecule has 0 spiro atoms. The van der Waals surface area contributed by atoms with E-state index >= 15 is 0 Å². The van der Waals surface area contributed by atoms with Gasteiger partial charge in [0.2, 0.25) is 0 Å². The second kappa shape index (κ2) is 4.42. The Hall–Kier alpha value is -1.39. The summed E-state index contributed by atoms with van der Waals surface area (Å²) in [5.41, 5.74) is -0.0688. The van der Waals surface area contributed by atoms with E-state index in [1.54, 1.807) is 0 Å². The number of alkyl halides is 3. The molecule has 0 unspecified atom stereocenters. The molecule has 0 amide bonds. The quantitative estimate of drug-likeness (QED) is 0.665. The van der Waals surface area contributed by atoms with Crippen LogP contribution in [0.1, 0.15) is 12.0 Å². The second-order valence-electron chi connectivity index (χ2n) is 2.89. The van der Waals surface area contributed by atoms with Crippen LogP contribution < -0.4 is 0 Å². The normalized spacial score (nSPS) is 12.3. The number of halogens is 5. The lowest BCUT2D eigenvalue weighted by atomic mass is 10.2. The van der Waals surface area contributed by atoms with Crippen molar-refractivity contribution in [2.45, 2.75) is 12.6 Å². The van der Waals surface area contributed by atoms with Crippen molar-refractivity contribution in [3.63, 3.8) is 0 Å². The highest BCUT2D eigenvalue weighted by atomic mass is 19.4. The van der Waals surface area contributed by atoms with Crippen molar-refractivity contribution in [2.24, 2.45) is 0 Å². The van der Waals surface area contributed by atoms with Crippen molar-refractivity contribution < 1.29 is 22.0 Å². The van der Waals surface area contributed by atoms with Crippen molar-refractivity contribution in [3.8, 4) is 0 Å². The minimum absolute atomic E-state index is 0.0688. The van der Waals surface area contributed by atoms with Gasteiger partial charge in [-0.05, 0) is 12.1 Å². The minimum atomic E-state index is -4.31. The summed E-state index contributed by atoms with van der Waals surface area (Å²) in [6.45, 7) is 0. The van der Waals surface area contributed by atoms with Crippen LogP contribution in [-0.4, -0.2) is 6.18 Å². The Labute approximate surface area is 83.0 Å². The van der Waals surface area contributed by atoms with Crippen molar-refractivity contribution in [1.82, 2.24) is 0 Å². The van der Waals surface area contributed by atoms with Gasteiger partial charge in [-0.1, -0.05) is 12.2 Å². The van der Waals surface area contributed by atoms with E-state index in [0.29, 0.717) is 6.07 Å². The van der Waals surface area contributed by atoms with Gasteiger partial charge in [-0.15, -0.1) is 0 Å². The van der Waals surface area contributed by atoms with Gasteiger partial charge in [0.05, 0.1) is 6.42 Å². The average Bonchev–Trinajstić information content (AvgIpc) is 2.07. The molecule has 0 fully saturated rings. The molecule has 0 aliphatic rings. The van der Waals surface area contributed by atoms with Gasteiger partial charge in [-0.3, -0.25) is 0 Å². The molecule has 5 heteroatoms. The molecule has 0 radical (unpaired) electrons. The fourth-order valence-electron chi connectivity index (χ4n) is 0.956. The first-order valence-electron chi connectivity index (χ1n) is 4.07. The summed E-state index contributed by atoms with van der Waals surface area (Å²) in [6.07, 6.45) is -3.69. The molecule has 0 saturated heterocycles. The van der Waals surface area contributed by atoms with Crippen molar-refractivity contribution >= 4 is 6.08 Å². The lowest BCUT2D eigenvalue weighted by molar-refractivity contribution is -0.124. The Balaban J connectivity index is 2.73. The van der Waals surface area contributed by atoms with E-state index in [-0.39, 0.29) is 5.56 Å². The molecule has 0 saturated carbocycles. The highest BCUT2D eigenvalue weighted by Gasteiger charge is 2.24. The van der Waals surface area contributed by atoms with Crippen LogP contribution in [0.25, 0.3) is 6.08 Å². The highest BCUT2D eigenvalue weighted by molar-refractivity contribution is 5.49. The molecule has 82 valence electrons. The summed E-state index contributed by atoms with van der Waals surface area (Å²) < 4.78 is 60.5. The van der Waals surface area contributed by atoms with E-state index in [1.165, 1.54) is 0 Å². The summed E-state index contributed by atoms with van der Waals surface area (Å²) in [5, 5.41) is 0. The summed E-state index contributed by atoms with van der Waals surface area (Å²) >= 11 is 0. The maximum Gasteiger partial charge on any atom is 0.392 e. The zero-order valence-corrected chi connectivity index (χ0v) is 7.48. The van der Waals surface area contributed by atoms with Crippen LogP contribution in [0, 0.1) is 11.6 Å². The Kier molecular flexibility index (Phi) is 3.44. The van der Waals surface area contributed by atoms with Crippen molar-refractivity contribution in [3.05, 3.63) is 41.5 Å². The number of rotatable bonds is 2. The zero-order valence-electron chi connectivity index (χ0n) is 7.48. The largest absolute Gasteiger partial charge is 0.392 e. The first kappa shape index (κ1) is 11.7. The van der Waals surface area contributed by atoms with Gasteiger partial charge in [0.25, 0.3) is 0 Å². The van der Waals surface area contributed by atoms with E-state index in [9.17, 15) is 22.0 Å². The zero-order chi connectivity index (χ0) is 11.5. The maximum absolute atomic E-state index is 12.9. The third-order valence-electron chi connectivity index (χ3n) is 1.61. The van der Waals surface area contributed by atoms with Gasteiger partial charge in [-0.25, -0.2) is 8.78 Å². The van der Waals surface area contributed by atoms with Crippen LogP contribution in [0.4, 0.5) is 22.0 Å². The molecule has 0 aliphatic carbocycles. The molecule has 15 heavy (non-hydrogen) atoms. The molecule has 1 rings (SSSR count). The van der Waals surface area contributed by atoms with Gasteiger partial charge < -0.3 is 0 Å². The summed E-state index contributed by atoms with van der Waals surface area (Å²) in [6, 6.07) is 2.68. The van der Waals surface area contributed by atoms with Crippen LogP contribution in [0.3, 0.4) is 0 Å². The fourth-order valence-corrected chi connectivity index (χ4v) is 0.956. The summed E-state index contributed by atoms with van der Waals surface area (Å²) in [7, 11) is 0. The second-order valence-corrected chi connectivity index (χ2v) is 2.89. The molecule has 0 N–H and O–H groups in total. The molecule has 0 aromatic heterocycles. The number of hydrogen-bond donors (Lipinski definition) is 0. The monoisotopic (exact) mass is 222 g/mol. The Morgan fingerprint density at radius 1 is 1.13 bits per heavy atom. The SMILES string of the molecule is Fc1ccc(/C=C/CC(F)(F)F)c(F)c1. The minimum Gasteiger partial charge on any atom is -0.207 e. The molecule has 0 aliphatic heterocycles. The van der Waals surface area contributed by atoms with Gasteiger partial charge in [0.15, 0.2) is 0 Å². The van der Waals surface area contributed by atoms with E-state index in [0.717, 1.165) is 24.3 Å². The van der Waals surface area contributed by atoms with Crippen LogP contribution in [-0.2, 0) is 0 Å². The van der Waals surface area contributed by atoms with Crippen molar-refractivity contribution in [1.29, 1.82) is 0 Å². The van der Waals surface area contributed by atoms with E-state index in [4.69, 9.17) is 0 Å². The van der Waals surface area contributed by atoms with Crippen LogP contribution >= 0.6 is 0 Å². The number of benzene rings is 1. The number of allylic oxidation sites excluding steroid dienone is 1. The predicted octanol–water partition coefficient (Wildman–Crippen LogP) is 3.93. The van der Waals surface area contributed by atoms with Gasteiger partial charge in [0, 0.05) is 11.6 Å². The molecular weight excluding hydrogens is 215 g/mol. The molecule has 1 aromatic carbocycles. The van der Waals surface area contributed by atoms with Crippen LogP contribution in [0.15, 0.2) is 24.3 Å². The van der Waals surface area contributed by atoms with Crippen LogP contribution in [0.2, 0.25) is 0 Å². The highest BCUT2D eigenvalue weighted by Crippen LogP contribution is 2.21. The Morgan fingerprint density at radius 3 is 2.33 bits per heavy atom. The predicted molar refractivity (Wildman–Crippen MR) is 46.1 cm³/mol. The molecule has 0 atom stereocenters. The first-order valence-corrected chi connectivity index (χ1v) is 4.07. The van der Waals surface area contributed by atoms with Gasteiger partial charge >= 0.3 is 6.18 Å².